The molecule has 0 N–H and O–H groups in total. The number of benzene rings is 2. The molecule has 2 aromatic carbocycles. The summed E-state index contributed by atoms with van der Waals surface area (Å²) in [4.78, 5) is 5.59. The summed E-state index contributed by atoms with van der Waals surface area (Å²) in [6.45, 7) is 1.86. The summed E-state index contributed by atoms with van der Waals surface area (Å²) in [5.74, 6) is -0.296. The average molecular weight is 536 g/mol. The van der Waals surface area contributed by atoms with E-state index in [1.165, 1.54) is 24.3 Å². The molecule has 1 aliphatic heterocycles. The number of hydrogen-bond acceptors (Lipinski definition) is 8. The van der Waals surface area contributed by atoms with E-state index in [9.17, 15) is 13.2 Å². The first-order valence-electron chi connectivity index (χ1n) is 11.7. The van der Waals surface area contributed by atoms with Crippen LogP contribution in [0.15, 0.2) is 65.9 Å². The zero-order chi connectivity index (χ0) is 27.3. The van der Waals surface area contributed by atoms with Gasteiger partial charge in [-0.25, -0.2) is 4.68 Å². The third-order valence-corrected chi connectivity index (χ3v) is 6.04. The van der Waals surface area contributed by atoms with Crippen molar-refractivity contribution in [2.24, 2.45) is 5.16 Å². The summed E-state index contributed by atoms with van der Waals surface area (Å²) in [5.41, 5.74) is 2.90. The van der Waals surface area contributed by atoms with Gasteiger partial charge < -0.3 is 28.5 Å². The zero-order valence-corrected chi connectivity index (χ0v) is 21.2. The summed E-state index contributed by atoms with van der Waals surface area (Å²) in [6, 6.07) is 14.7. The lowest BCUT2D eigenvalue weighted by Crippen LogP contribution is -2.59. The highest BCUT2D eigenvalue weighted by Gasteiger charge is 2.46. The molecule has 0 amide bonds. The second-order valence-electron chi connectivity index (χ2n) is 8.46. The quantitative estimate of drug-likeness (QED) is 0.293. The van der Waals surface area contributed by atoms with E-state index in [1.807, 2.05) is 31.2 Å². The van der Waals surface area contributed by atoms with Gasteiger partial charge in [-0.2, -0.15) is 5.10 Å². The van der Waals surface area contributed by atoms with Crippen LogP contribution in [0.5, 0.6) is 5.75 Å². The number of hydrogen-bond donors (Lipinski definition) is 0. The lowest BCUT2D eigenvalue weighted by atomic mass is 9.99. The molecule has 9 nitrogen and oxygen atoms in total. The molecule has 204 valence electrons. The van der Waals surface area contributed by atoms with E-state index in [-0.39, 0.29) is 24.1 Å². The maximum absolute atomic E-state index is 12.4. The molecule has 1 aromatic heterocycles. The van der Waals surface area contributed by atoms with Crippen molar-refractivity contribution >= 4 is 6.21 Å². The van der Waals surface area contributed by atoms with Crippen molar-refractivity contribution in [2.75, 3.05) is 21.3 Å². The molecule has 3 aromatic rings. The van der Waals surface area contributed by atoms with Gasteiger partial charge >= 0.3 is 6.36 Å². The fourth-order valence-electron chi connectivity index (χ4n) is 4.21. The Bertz CT molecular complexity index is 1200. The Hall–Kier alpha value is -3.45. The number of halogens is 3. The van der Waals surface area contributed by atoms with E-state index in [0.29, 0.717) is 11.4 Å². The van der Waals surface area contributed by atoms with Crippen LogP contribution in [0, 0.1) is 0 Å². The van der Waals surface area contributed by atoms with Crippen molar-refractivity contribution in [1.29, 1.82) is 0 Å². The smallest absolute Gasteiger partial charge is 0.406 e. The van der Waals surface area contributed by atoms with E-state index in [4.69, 9.17) is 23.8 Å². The molecule has 1 saturated heterocycles. The highest BCUT2D eigenvalue weighted by molar-refractivity contribution is 5.80. The number of aromatic nitrogens is 2. The fourth-order valence-corrected chi connectivity index (χ4v) is 4.21. The van der Waals surface area contributed by atoms with Crippen LogP contribution >= 0.6 is 0 Å². The van der Waals surface area contributed by atoms with Crippen molar-refractivity contribution in [1.82, 2.24) is 9.78 Å². The van der Waals surface area contributed by atoms with Gasteiger partial charge in [0.2, 0.25) is 0 Å². The van der Waals surface area contributed by atoms with Gasteiger partial charge in [0.05, 0.1) is 23.7 Å². The fraction of sp³-hybridized carbons (Fsp3) is 0.385. The topological polar surface area (TPSA) is 85.6 Å². The Morgan fingerprint density at radius 2 is 1.55 bits per heavy atom. The van der Waals surface area contributed by atoms with Crippen LogP contribution in [0.25, 0.3) is 16.9 Å². The lowest BCUT2D eigenvalue weighted by Gasteiger charge is -2.42. The van der Waals surface area contributed by atoms with Gasteiger partial charge in [-0.1, -0.05) is 29.4 Å². The van der Waals surface area contributed by atoms with Crippen LogP contribution in [0.3, 0.4) is 0 Å². The van der Waals surface area contributed by atoms with Crippen molar-refractivity contribution in [3.63, 3.8) is 0 Å². The second-order valence-corrected chi connectivity index (χ2v) is 8.46. The molecule has 38 heavy (non-hydrogen) atoms. The third kappa shape index (κ3) is 6.51. The van der Waals surface area contributed by atoms with Crippen LogP contribution < -0.4 is 4.74 Å². The minimum atomic E-state index is -4.74. The van der Waals surface area contributed by atoms with Gasteiger partial charge in [0.15, 0.2) is 6.10 Å². The monoisotopic (exact) mass is 535 g/mol. The molecule has 2 heterocycles. The summed E-state index contributed by atoms with van der Waals surface area (Å²) >= 11 is 0. The minimum absolute atomic E-state index is 0.290. The highest BCUT2D eigenvalue weighted by Crippen LogP contribution is 2.28. The van der Waals surface area contributed by atoms with Crippen molar-refractivity contribution in [2.45, 2.75) is 44.0 Å². The van der Waals surface area contributed by atoms with Gasteiger partial charge in [-0.3, -0.25) is 0 Å². The molecule has 5 atom stereocenters. The molecule has 1 aliphatic rings. The minimum Gasteiger partial charge on any atom is -0.406 e. The van der Waals surface area contributed by atoms with Gasteiger partial charge in [0.25, 0.3) is 6.29 Å². The largest absolute Gasteiger partial charge is 0.573 e. The molecule has 12 heteroatoms. The zero-order valence-electron chi connectivity index (χ0n) is 21.2. The molecule has 0 radical (unpaired) electrons. The Kier molecular flexibility index (Phi) is 8.67. The number of methoxy groups -OCH3 is 3. The van der Waals surface area contributed by atoms with Crippen LogP contribution in [0.2, 0.25) is 0 Å². The predicted molar refractivity (Wildman–Crippen MR) is 131 cm³/mol. The normalized spacial score (nSPS) is 24.0. The molecular formula is C26H28F3N3O6. The maximum Gasteiger partial charge on any atom is 0.573 e. The van der Waals surface area contributed by atoms with Gasteiger partial charge in [-0.05, 0) is 42.8 Å². The Morgan fingerprint density at radius 1 is 0.895 bits per heavy atom. The third-order valence-electron chi connectivity index (χ3n) is 6.04. The van der Waals surface area contributed by atoms with Crippen LogP contribution in [-0.2, 0) is 23.8 Å². The standard InChI is InChI=1S/C26H28F3N3O6/c1-16-22(33-2)23(34-3)24(35-4)25(36-16)38-30-15-17-5-7-18(8-6-17)21-13-14-32(31-21)19-9-11-20(12-10-19)37-26(27,28)29/h5-16,22-25H,1-4H3/b30-15+/t16-,22-,23+,24+,25-/m0/s1. The van der Waals surface area contributed by atoms with Crippen molar-refractivity contribution < 1.29 is 41.7 Å². The van der Waals surface area contributed by atoms with Gasteiger partial charge in [0, 0.05) is 33.1 Å². The number of ether oxygens (including phenoxy) is 5. The Labute approximate surface area is 217 Å². The van der Waals surface area contributed by atoms with Crippen LogP contribution in [-0.4, -0.2) is 74.4 Å². The number of rotatable bonds is 9. The predicted octanol–water partition coefficient (Wildman–Crippen LogP) is 4.58. The number of nitrogens with zero attached hydrogens (tertiary/aromatic N) is 3. The molecule has 0 unspecified atom stereocenters. The molecule has 0 aliphatic carbocycles. The average Bonchev–Trinajstić information content (AvgIpc) is 3.38. The van der Waals surface area contributed by atoms with E-state index in [1.54, 1.807) is 44.5 Å². The summed E-state index contributed by atoms with van der Waals surface area (Å²) in [6.07, 6.45) is -3.77. The van der Waals surface area contributed by atoms with Crippen LogP contribution in [0.4, 0.5) is 13.2 Å². The van der Waals surface area contributed by atoms with Crippen molar-refractivity contribution in [3.8, 4) is 22.7 Å². The second kappa shape index (κ2) is 11.9. The first-order chi connectivity index (χ1) is 18.2. The van der Waals surface area contributed by atoms with Gasteiger partial charge in [0.1, 0.15) is 18.0 Å². The van der Waals surface area contributed by atoms with Gasteiger partial charge in [-0.15, -0.1) is 13.2 Å². The number of alkyl halides is 3. The maximum atomic E-state index is 12.4. The van der Waals surface area contributed by atoms with Crippen molar-refractivity contribution in [3.05, 3.63) is 66.4 Å². The summed E-state index contributed by atoms with van der Waals surface area (Å²) < 4.78 is 65.0. The summed E-state index contributed by atoms with van der Waals surface area (Å²) in [5, 5.41) is 8.57. The molecule has 0 saturated carbocycles. The SMILES string of the molecule is CO[C@@H]1[C@@H](OC)[C@H](C)O[C@@H](O/N=C/c2ccc(-c3ccn(-c4ccc(OC(F)(F)F)cc4)n3)cc2)[C@@H]1OC. The van der Waals surface area contributed by atoms with E-state index in [0.717, 1.165) is 11.1 Å². The lowest BCUT2D eigenvalue weighted by molar-refractivity contribution is -0.305. The highest BCUT2D eigenvalue weighted by atomic mass is 19.4. The molecular weight excluding hydrogens is 507 g/mol. The Morgan fingerprint density at radius 3 is 2.16 bits per heavy atom. The van der Waals surface area contributed by atoms with E-state index in [2.05, 4.69) is 15.0 Å². The van der Waals surface area contributed by atoms with Crippen LogP contribution in [0.1, 0.15) is 12.5 Å². The Balaban J connectivity index is 1.38. The molecule has 0 spiro atoms. The first-order valence-corrected chi connectivity index (χ1v) is 11.7. The van der Waals surface area contributed by atoms with E-state index >= 15 is 0 Å². The number of oxime groups is 1. The molecule has 1 fully saturated rings. The summed E-state index contributed by atoms with van der Waals surface area (Å²) in [7, 11) is 4.71. The van der Waals surface area contributed by atoms with E-state index < -0.39 is 18.8 Å². The molecule has 4 rings (SSSR count). The molecule has 0 bridgehead atoms. The first kappa shape index (κ1) is 27.6.